The number of unbranched alkanes of at least 4 members (excludes halogenated alkanes) is 1. The molecule has 0 unspecified atom stereocenters. The van der Waals surface area contributed by atoms with Crippen LogP contribution in [0.25, 0.3) is 11.1 Å². The highest BCUT2D eigenvalue weighted by Crippen LogP contribution is 2.32. The lowest BCUT2D eigenvalue weighted by Crippen LogP contribution is -2.44. The third kappa shape index (κ3) is 6.02. The molecule has 1 aliphatic heterocycles. The molecule has 4 rings (SSSR count). The number of piperidine rings is 1. The number of nitrogens with zero attached hydrogens (tertiary/aromatic N) is 2. The van der Waals surface area contributed by atoms with Gasteiger partial charge in [-0.2, -0.15) is 0 Å². The standard InChI is InChI=1S/C27H32N4OS2/c1-3-4-14-28-27(33)31-15-12-21(13-16-31)26-30-24(18-34-26)25(32)29-23-11-10-19(2)17-22(23)20-8-6-5-7-9-20/h5-11,17-18,21H,3-4,12-16H2,1-2H3,(H,28,33)(H,29,32). The Balaban J connectivity index is 1.38. The number of carbonyl (C=O) groups is 1. The summed E-state index contributed by atoms with van der Waals surface area (Å²) in [6.07, 6.45) is 4.30. The van der Waals surface area contributed by atoms with Crippen molar-refractivity contribution in [3.05, 3.63) is 70.2 Å². The van der Waals surface area contributed by atoms with Crippen LogP contribution in [0.5, 0.6) is 0 Å². The van der Waals surface area contributed by atoms with Crippen LogP contribution < -0.4 is 10.6 Å². The Labute approximate surface area is 211 Å². The smallest absolute Gasteiger partial charge is 0.275 e. The third-order valence-corrected chi connectivity index (χ3v) is 7.61. The molecule has 1 amide bonds. The van der Waals surface area contributed by atoms with Crippen molar-refractivity contribution in [2.24, 2.45) is 0 Å². The Bertz CT molecular complexity index is 1120. The number of rotatable bonds is 7. The number of benzene rings is 2. The SMILES string of the molecule is CCCCNC(=S)N1CCC(c2nc(C(=O)Nc3ccc(C)cc3-c3ccccc3)cs2)CC1. The van der Waals surface area contributed by atoms with E-state index in [2.05, 4.69) is 47.6 Å². The molecule has 0 saturated carbocycles. The highest BCUT2D eigenvalue weighted by molar-refractivity contribution is 7.80. The van der Waals surface area contributed by atoms with Gasteiger partial charge < -0.3 is 15.5 Å². The highest BCUT2D eigenvalue weighted by atomic mass is 32.1. The first kappa shape index (κ1) is 24.4. The first-order chi connectivity index (χ1) is 16.5. The van der Waals surface area contributed by atoms with Gasteiger partial charge in [-0.1, -0.05) is 55.3 Å². The van der Waals surface area contributed by atoms with Crippen molar-refractivity contribution < 1.29 is 4.79 Å². The average molecular weight is 493 g/mol. The molecule has 34 heavy (non-hydrogen) atoms. The number of hydrogen-bond donors (Lipinski definition) is 2. The summed E-state index contributed by atoms with van der Waals surface area (Å²) in [6.45, 7) is 7.03. The number of nitrogens with one attached hydrogen (secondary N) is 2. The van der Waals surface area contributed by atoms with Crippen LogP contribution in [-0.2, 0) is 0 Å². The second kappa shape index (κ2) is 11.6. The minimum atomic E-state index is -0.165. The first-order valence-corrected chi connectivity index (χ1v) is 13.3. The molecule has 1 aliphatic rings. The number of anilines is 1. The largest absolute Gasteiger partial charge is 0.363 e. The second-order valence-electron chi connectivity index (χ2n) is 8.79. The Hall–Kier alpha value is -2.77. The molecule has 1 aromatic heterocycles. The minimum Gasteiger partial charge on any atom is -0.363 e. The van der Waals surface area contributed by atoms with Crippen LogP contribution in [0.2, 0.25) is 0 Å². The number of aromatic nitrogens is 1. The maximum atomic E-state index is 13.0. The fourth-order valence-electron chi connectivity index (χ4n) is 4.20. The van der Waals surface area contributed by atoms with Crippen LogP contribution in [0.15, 0.2) is 53.9 Å². The first-order valence-electron chi connectivity index (χ1n) is 12.0. The molecular weight excluding hydrogens is 460 g/mol. The zero-order valence-corrected chi connectivity index (χ0v) is 21.5. The fourth-order valence-corrected chi connectivity index (χ4v) is 5.46. The molecule has 178 valence electrons. The topological polar surface area (TPSA) is 57.3 Å². The number of thiazole rings is 1. The summed E-state index contributed by atoms with van der Waals surface area (Å²) in [5.41, 5.74) is 4.53. The highest BCUT2D eigenvalue weighted by Gasteiger charge is 2.25. The molecule has 2 heterocycles. The van der Waals surface area contributed by atoms with Crippen molar-refractivity contribution in [2.75, 3.05) is 25.0 Å². The summed E-state index contributed by atoms with van der Waals surface area (Å²) in [5, 5.41) is 10.2. The Morgan fingerprint density at radius 2 is 1.94 bits per heavy atom. The van der Waals surface area contributed by atoms with Gasteiger partial charge in [0.1, 0.15) is 5.69 Å². The normalized spacial score (nSPS) is 14.1. The number of thiocarbonyl (C=S) groups is 1. The molecule has 1 saturated heterocycles. The molecule has 7 heteroatoms. The number of amides is 1. The summed E-state index contributed by atoms with van der Waals surface area (Å²) in [7, 11) is 0. The van der Waals surface area contributed by atoms with Gasteiger partial charge in [0, 0.05) is 42.2 Å². The molecule has 0 atom stereocenters. The van der Waals surface area contributed by atoms with Gasteiger partial charge in [-0.05, 0) is 56.1 Å². The van der Waals surface area contributed by atoms with E-state index in [0.29, 0.717) is 11.6 Å². The number of aryl methyl sites for hydroxylation is 1. The Kier molecular flexibility index (Phi) is 8.29. The van der Waals surface area contributed by atoms with Crippen molar-refractivity contribution >= 4 is 40.3 Å². The van der Waals surface area contributed by atoms with Gasteiger partial charge in [0.15, 0.2) is 5.11 Å². The summed E-state index contributed by atoms with van der Waals surface area (Å²) in [4.78, 5) is 20.0. The van der Waals surface area contributed by atoms with Crippen LogP contribution >= 0.6 is 23.6 Å². The van der Waals surface area contributed by atoms with Crippen molar-refractivity contribution in [2.45, 2.75) is 45.4 Å². The minimum absolute atomic E-state index is 0.165. The molecule has 0 radical (unpaired) electrons. The number of hydrogen-bond acceptors (Lipinski definition) is 4. The zero-order valence-electron chi connectivity index (χ0n) is 19.8. The van der Waals surface area contributed by atoms with E-state index >= 15 is 0 Å². The summed E-state index contributed by atoms with van der Waals surface area (Å²) < 4.78 is 0. The monoisotopic (exact) mass is 492 g/mol. The molecular formula is C27H32N4OS2. The lowest BCUT2D eigenvalue weighted by Gasteiger charge is -2.33. The average Bonchev–Trinajstić information content (AvgIpc) is 3.36. The van der Waals surface area contributed by atoms with Gasteiger partial charge in [0.05, 0.1) is 5.01 Å². The summed E-state index contributed by atoms with van der Waals surface area (Å²) in [6, 6.07) is 16.2. The maximum absolute atomic E-state index is 13.0. The van der Waals surface area contributed by atoms with Gasteiger partial charge >= 0.3 is 0 Å². The van der Waals surface area contributed by atoms with Crippen LogP contribution in [0.4, 0.5) is 5.69 Å². The van der Waals surface area contributed by atoms with E-state index in [1.807, 2.05) is 35.7 Å². The lowest BCUT2D eigenvalue weighted by molar-refractivity contribution is 0.102. The van der Waals surface area contributed by atoms with E-state index in [1.165, 1.54) is 0 Å². The van der Waals surface area contributed by atoms with Crippen molar-refractivity contribution in [1.29, 1.82) is 0 Å². The Morgan fingerprint density at radius 1 is 1.18 bits per heavy atom. The molecule has 2 aromatic carbocycles. The van der Waals surface area contributed by atoms with Gasteiger partial charge in [0.25, 0.3) is 5.91 Å². The quantitative estimate of drug-likeness (QED) is 0.303. The van der Waals surface area contributed by atoms with E-state index in [1.54, 1.807) is 11.3 Å². The van der Waals surface area contributed by atoms with Crippen molar-refractivity contribution in [3.8, 4) is 11.1 Å². The van der Waals surface area contributed by atoms with E-state index in [0.717, 1.165) is 77.8 Å². The van der Waals surface area contributed by atoms with Crippen LogP contribution in [0, 0.1) is 6.92 Å². The van der Waals surface area contributed by atoms with Gasteiger partial charge in [0.2, 0.25) is 0 Å². The number of carbonyl (C=O) groups excluding carboxylic acids is 1. The predicted octanol–water partition coefficient (Wildman–Crippen LogP) is 6.22. The predicted molar refractivity (Wildman–Crippen MR) is 146 cm³/mol. The van der Waals surface area contributed by atoms with E-state index in [9.17, 15) is 4.79 Å². The van der Waals surface area contributed by atoms with E-state index < -0.39 is 0 Å². The molecule has 3 aromatic rings. The summed E-state index contributed by atoms with van der Waals surface area (Å²) >= 11 is 7.13. The maximum Gasteiger partial charge on any atom is 0.275 e. The summed E-state index contributed by atoms with van der Waals surface area (Å²) in [5.74, 6) is 0.211. The number of likely N-dealkylation sites (tertiary alicyclic amines) is 1. The van der Waals surface area contributed by atoms with Crippen molar-refractivity contribution in [3.63, 3.8) is 0 Å². The van der Waals surface area contributed by atoms with Crippen LogP contribution in [-0.4, -0.2) is 40.5 Å². The van der Waals surface area contributed by atoms with E-state index in [4.69, 9.17) is 17.2 Å². The lowest BCUT2D eigenvalue weighted by atomic mass is 9.98. The molecule has 0 bridgehead atoms. The van der Waals surface area contributed by atoms with Gasteiger partial charge in [-0.25, -0.2) is 4.98 Å². The van der Waals surface area contributed by atoms with E-state index in [-0.39, 0.29) is 5.91 Å². The molecule has 1 fully saturated rings. The van der Waals surface area contributed by atoms with Crippen LogP contribution in [0.1, 0.15) is 59.6 Å². The third-order valence-electron chi connectivity index (χ3n) is 6.20. The van der Waals surface area contributed by atoms with Crippen LogP contribution in [0.3, 0.4) is 0 Å². The van der Waals surface area contributed by atoms with Gasteiger partial charge in [-0.3, -0.25) is 4.79 Å². The molecule has 2 N–H and O–H groups in total. The fraction of sp³-hybridized carbons (Fsp3) is 0.370. The second-order valence-corrected chi connectivity index (χ2v) is 10.1. The van der Waals surface area contributed by atoms with Crippen molar-refractivity contribution in [1.82, 2.24) is 15.2 Å². The Morgan fingerprint density at radius 3 is 2.68 bits per heavy atom. The molecule has 0 spiro atoms. The van der Waals surface area contributed by atoms with Gasteiger partial charge in [-0.15, -0.1) is 11.3 Å². The zero-order chi connectivity index (χ0) is 23.9. The molecule has 5 nitrogen and oxygen atoms in total. The molecule has 0 aliphatic carbocycles.